The summed E-state index contributed by atoms with van der Waals surface area (Å²) in [6.45, 7) is 3.94. The molecule has 0 aliphatic heterocycles. The first kappa shape index (κ1) is 12.1. The number of benzene rings is 1. The number of amides is 1. The van der Waals surface area contributed by atoms with Crippen molar-refractivity contribution >= 4 is 5.91 Å². The predicted molar refractivity (Wildman–Crippen MR) is 68.3 cm³/mol. The van der Waals surface area contributed by atoms with Gasteiger partial charge in [-0.1, -0.05) is 30.3 Å². The van der Waals surface area contributed by atoms with Gasteiger partial charge in [-0.15, -0.1) is 0 Å². The van der Waals surface area contributed by atoms with Crippen molar-refractivity contribution in [1.29, 1.82) is 0 Å². The first-order chi connectivity index (χ1) is 8.22. The minimum atomic E-state index is -0.231. The van der Waals surface area contributed by atoms with Crippen molar-refractivity contribution in [2.24, 2.45) is 11.1 Å². The van der Waals surface area contributed by atoms with E-state index in [9.17, 15) is 4.79 Å². The van der Waals surface area contributed by atoms with Crippen molar-refractivity contribution in [3.05, 3.63) is 35.9 Å². The first-order valence-corrected chi connectivity index (χ1v) is 6.25. The van der Waals surface area contributed by atoms with E-state index in [-0.39, 0.29) is 11.3 Å². The van der Waals surface area contributed by atoms with Crippen LogP contribution < -0.4 is 5.73 Å². The lowest BCUT2D eigenvalue weighted by Crippen LogP contribution is -2.40. The molecule has 3 heteroatoms. The molecule has 1 amide bonds. The zero-order chi connectivity index (χ0) is 12.3. The molecule has 0 aromatic heterocycles. The zero-order valence-electron chi connectivity index (χ0n) is 10.4. The monoisotopic (exact) mass is 232 g/mol. The van der Waals surface area contributed by atoms with Crippen LogP contribution >= 0.6 is 0 Å². The van der Waals surface area contributed by atoms with Crippen LogP contribution in [-0.2, 0) is 11.3 Å². The van der Waals surface area contributed by atoms with Crippen molar-refractivity contribution in [3.63, 3.8) is 0 Å². The van der Waals surface area contributed by atoms with Gasteiger partial charge in [-0.25, -0.2) is 0 Å². The molecule has 3 nitrogen and oxygen atoms in total. The van der Waals surface area contributed by atoms with E-state index < -0.39 is 0 Å². The van der Waals surface area contributed by atoms with E-state index >= 15 is 0 Å². The minimum absolute atomic E-state index is 0.228. The van der Waals surface area contributed by atoms with Crippen LogP contribution in [-0.4, -0.2) is 23.9 Å². The van der Waals surface area contributed by atoms with Gasteiger partial charge in [-0.3, -0.25) is 4.79 Å². The smallest absolute Gasteiger partial charge is 0.230 e. The molecule has 2 N–H and O–H groups in total. The van der Waals surface area contributed by atoms with Crippen molar-refractivity contribution in [2.75, 3.05) is 13.1 Å². The number of hydrogen-bond donors (Lipinski definition) is 1. The third kappa shape index (κ3) is 2.50. The van der Waals surface area contributed by atoms with E-state index in [4.69, 9.17) is 5.73 Å². The molecule has 1 saturated carbocycles. The Morgan fingerprint density at radius 3 is 2.47 bits per heavy atom. The van der Waals surface area contributed by atoms with Crippen LogP contribution in [0.5, 0.6) is 0 Å². The Morgan fingerprint density at radius 2 is 2.00 bits per heavy atom. The van der Waals surface area contributed by atoms with E-state index in [0.29, 0.717) is 13.1 Å². The Labute approximate surface area is 103 Å². The van der Waals surface area contributed by atoms with Crippen LogP contribution in [0.3, 0.4) is 0 Å². The highest BCUT2D eigenvalue weighted by atomic mass is 16.2. The van der Waals surface area contributed by atoms with Crippen molar-refractivity contribution in [2.45, 2.75) is 26.3 Å². The highest BCUT2D eigenvalue weighted by molar-refractivity contribution is 5.85. The van der Waals surface area contributed by atoms with Crippen molar-refractivity contribution in [3.8, 4) is 0 Å². The van der Waals surface area contributed by atoms with Crippen LogP contribution in [0.25, 0.3) is 0 Å². The van der Waals surface area contributed by atoms with E-state index in [2.05, 4.69) is 12.1 Å². The normalized spacial score (nSPS) is 16.6. The standard InChI is InChI=1S/C14H20N2O/c1-2-16(10-12-6-4-3-5-7-12)13(17)14(11-15)8-9-14/h3-7H,2,8-11,15H2,1H3. The van der Waals surface area contributed by atoms with Gasteiger partial charge < -0.3 is 10.6 Å². The molecule has 1 aromatic rings. The Bertz CT molecular complexity index is 384. The fourth-order valence-electron chi connectivity index (χ4n) is 2.12. The molecule has 1 fully saturated rings. The third-order valence-electron chi connectivity index (χ3n) is 3.58. The first-order valence-electron chi connectivity index (χ1n) is 6.25. The second-order valence-electron chi connectivity index (χ2n) is 4.79. The molecule has 1 aliphatic rings. The molecule has 0 unspecified atom stereocenters. The van der Waals surface area contributed by atoms with E-state index in [1.165, 1.54) is 5.56 Å². The molecule has 0 radical (unpaired) electrons. The summed E-state index contributed by atoms with van der Waals surface area (Å²) in [6, 6.07) is 10.1. The molecule has 0 heterocycles. The fraction of sp³-hybridized carbons (Fsp3) is 0.500. The van der Waals surface area contributed by atoms with Crippen LogP contribution in [0.15, 0.2) is 30.3 Å². The Morgan fingerprint density at radius 1 is 1.35 bits per heavy atom. The average Bonchev–Trinajstić information content (AvgIpc) is 3.17. The quantitative estimate of drug-likeness (QED) is 0.841. The van der Waals surface area contributed by atoms with Crippen molar-refractivity contribution in [1.82, 2.24) is 4.90 Å². The topological polar surface area (TPSA) is 46.3 Å². The lowest BCUT2D eigenvalue weighted by atomic mass is 10.1. The SMILES string of the molecule is CCN(Cc1ccccc1)C(=O)C1(CN)CC1. The van der Waals surface area contributed by atoms with Crippen LogP contribution in [0.2, 0.25) is 0 Å². The number of nitrogens with zero attached hydrogens (tertiary/aromatic N) is 1. The fourth-order valence-corrected chi connectivity index (χ4v) is 2.12. The van der Waals surface area contributed by atoms with E-state index in [1.807, 2.05) is 30.0 Å². The number of rotatable bonds is 5. The van der Waals surface area contributed by atoms with Gasteiger partial charge in [0.1, 0.15) is 0 Å². The molecule has 1 aliphatic carbocycles. The molecular weight excluding hydrogens is 212 g/mol. The van der Waals surface area contributed by atoms with Gasteiger partial charge in [0.25, 0.3) is 0 Å². The maximum Gasteiger partial charge on any atom is 0.230 e. The van der Waals surface area contributed by atoms with Gasteiger partial charge in [-0.2, -0.15) is 0 Å². The Hall–Kier alpha value is -1.35. The molecule has 0 bridgehead atoms. The molecule has 92 valence electrons. The second kappa shape index (κ2) is 4.88. The third-order valence-corrected chi connectivity index (χ3v) is 3.58. The lowest BCUT2D eigenvalue weighted by Gasteiger charge is -2.25. The molecular formula is C14H20N2O. The molecule has 17 heavy (non-hydrogen) atoms. The number of carbonyl (C=O) groups excluding carboxylic acids is 1. The molecule has 0 spiro atoms. The molecule has 0 atom stereocenters. The summed E-state index contributed by atoms with van der Waals surface area (Å²) in [5.74, 6) is 0.228. The van der Waals surface area contributed by atoms with Gasteiger partial charge >= 0.3 is 0 Å². The summed E-state index contributed by atoms with van der Waals surface area (Å²) in [6.07, 6.45) is 1.90. The van der Waals surface area contributed by atoms with Gasteiger partial charge in [0.15, 0.2) is 0 Å². The summed E-state index contributed by atoms with van der Waals surface area (Å²) in [5.41, 5.74) is 6.65. The van der Waals surface area contributed by atoms with Gasteiger partial charge in [-0.05, 0) is 25.3 Å². The molecule has 0 saturated heterocycles. The van der Waals surface area contributed by atoms with Gasteiger partial charge in [0.2, 0.25) is 5.91 Å². The average molecular weight is 232 g/mol. The van der Waals surface area contributed by atoms with E-state index in [1.54, 1.807) is 0 Å². The van der Waals surface area contributed by atoms with Crippen molar-refractivity contribution < 1.29 is 4.79 Å². The summed E-state index contributed by atoms with van der Waals surface area (Å²) in [5, 5.41) is 0. The Kier molecular flexibility index (Phi) is 3.48. The van der Waals surface area contributed by atoms with Gasteiger partial charge in [0, 0.05) is 19.6 Å². The lowest BCUT2D eigenvalue weighted by molar-refractivity contribution is -0.137. The van der Waals surface area contributed by atoms with Crippen LogP contribution in [0.1, 0.15) is 25.3 Å². The number of nitrogens with two attached hydrogens (primary N) is 1. The predicted octanol–water partition coefficient (Wildman–Crippen LogP) is 1.77. The summed E-state index contributed by atoms with van der Waals surface area (Å²) >= 11 is 0. The zero-order valence-corrected chi connectivity index (χ0v) is 10.4. The summed E-state index contributed by atoms with van der Waals surface area (Å²) in [7, 11) is 0. The second-order valence-corrected chi connectivity index (χ2v) is 4.79. The maximum absolute atomic E-state index is 12.3. The summed E-state index contributed by atoms with van der Waals surface area (Å²) in [4.78, 5) is 14.3. The number of carbonyl (C=O) groups is 1. The summed E-state index contributed by atoms with van der Waals surface area (Å²) < 4.78 is 0. The van der Waals surface area contributed by atoms with E-state index in [0.717, 1.165) is 19.4 Å². The highest BCUT2D eigenvalue weighted by Gasteiger charge is 2.50. The molecule has 1 aromatic carbocycles. The van der Waals surface area contributed by atoms with Gasteiger partial charge in [0.05, 0.1) is 5.41 Å². The Balaban J connectivity index is 2.05. The highest BCUT2D eigenvalue weighted by Crippen LogP contribution is 2.46. The minimum Gasteiger partial charge on any atom is -0.338 e. The van der Waals surface area contributed by atoms with Crippen LogP contribution in [0.4, 0.5) is 0 Å². The molecule has 2 rings (SSSR count). The van der Waals surface area contributed by atoms with Crippen LogP contribution in [0, 0.1) is 5.41 Å². The maximum atomic E-state index is 12.3. The largest absolute Gasteiger partial charge is 0.338 e. The number of hydrogen-bond acceptors (Lipinski definition) is 2.